The Morgan fingerprint density at radius 1 is 1.20 bits per heavy atom. The third-order valence-electron chi connectivity index (χ3n) is 3.98. The van der Waals surface area contributed by atoms with Gasteiger partial charge in [-0.15, -0.1) is 0 Å². The Kier molecular flexibility index (Phi) is 5.30. The van der Waals surface area contributed by atoms with Crippen molar-refractivity contribution in [3.05, 3.63) is 46.5 Å². The summed E-state index contributed by atoms with van der Waals surface area (Å²) in [5, 5.41) is 3.29. The van der Waals surface area contributed by atoms with Crippen LogP contribution < -0.4 is 5.32 Å². The highest BCUT2D eigenvalue weighted by Gasteiger charge is 2.20. The summed E-state index contributed by atoms with van der Waals surface area (Å²) >= 11 is 0. The van der Waals surface area contributed by atoms with Crippen LogP contribution in [-0.2, 0) is 0 Å². The summed E-state index contributed by atoms with van der Waals surface area (Å²) < 4.78 is 27.9. The molecule has 0 aromatic heterocycles. The molecule has 20 heavy (non-hydrogen) atoms. The normalized spacial score (nSPS) is 16.9. The van der Waals surface area contributed by atoms with Crippen LogP contribution in [0.25, 0.3) is 0 Å². The van der Waals surface area contributed by atoms with Crippen molar-refractivity contribution in [2.24, 2.45) is 0 Å². The van der Waals surface area contributed by atoms with Crippen molar-refractivity contribution < 1.29 is 8.78 Å². The van der Waals surface area contributed by atoms with Crippen molar-refractivity contribution >= 4 is 0 Å². The van der Waals surface area contributed by atoms with Gasteiger partial charge in [0.1, 0.15) is 0 Å². The molecule has 0 radical (unpaired) electrons. The first kappa shape index (κ1) is 15.2. The predicted octanol–water partition coefficient (Wildman–Crippen LogP) is 4.81. The Morgan fingerprint density at radius 3 is 2.65 bits per heavy atom. The minimum atomic E-state index is -0.719. The number of nitrogens with one attached hydrogen (secondary N) is 1. The van der Waals surface area contributed by atoms with Crippen molar-refractivity contribution in [2.45, 2.75) is 52.0 Å². The van der Waals surface area contributed by atoms with E-state index in [0.717, 1.165) is 25.8 Å². The molecule has 1 unspecified atom stereocenters. The number of rotatable bonds is 5. The Balaban J connectivity index is 2.24. The molecule has 0 heterocycles. The zero-order valence-corrected chi connectivity index (χ0v) is 12.3. The number of allylic oxidation sites excluding steroid dienone is 1. The minimum absolute atomic E-state index is 0.139. The average Bonchev–Trinajstić information content (AvgIpc) is 2.46. The molecule has 1 aliphatic rings. The fraction of sp³-hybridized carbons (Fsp3) is 0.529. The van der Waals surface area contributed by atoms with Crippen LogP contribution in [0.1, 0.15) is 56.2 Å². The second kappa shape index (κ2) is 6.98. The van der Waals surface area contributed by atoms with E-state index in [1.54, 1.807) is 19.1 Å². The molecule has 0 saturated carbocycles. The molecular weight excluding hydrogens is 256 g/mol. The lowest BCUT2D eigenvalue weighted by Crippen LogP contribution is -2.23. The van der Waals surface area contributed by atoms with Crippen LogP contribution in [0.15, 0.2) is 23.8 Å². The van der Waals surface area contributed by atoms with Crippen molar-refractivity contribution in [3.8, 4) is 0 Å². The molecule has 1 aromatic carbocycles. The van der Waals surface area contributed by atoms with Gasteiger partial charge < -0.3 is 5.32 Å². The van der Waals surface area contributed by atoms with E-state index >= 15 is 0 Å². The van der Waals surface area contributed by atoms with Crippen LogP contribution in [0, 0.1) is 18.6 Å². The van der Waals surface area contributed by atoms with Gasteiger partial charge in [-0.3, -0.25) is 0 Å². The molecule has 0 fully saturated rings. The van der Waals surface area contributed by atoms with Gasteiger partial charge in [-0.2, -0.15) is 0 Å². The maximum absolute atomic E-state index is 14.2. The lowest BCUT2D eigenvalue weighted by molar-refractivity contribution is 0.456. The van der Waals surface area contributed by atoms with Gasteiger partial charge in [0, 0.05) is 11.6 Å². The van der Waals surface area contributed by atoms with E-state index < -0.39 is 11.6 Å². The van der Waals surface area contributed by atoms with E-state index in [-0.39, 0.29) is 6.04 Å². The van der Waals surface area contributed by atoms with E-state index in [0.29, 0.717) is 11.1 Å². The van der Waals surface area contributed by atoms with Crippen molar-refractivity contribution in [3.63, 3.8) is 0 Å². The maximum Gasteiger partial charge on any atom is 0.163 e. The van der Waals surface area contributed by atoms with Gasteiger partial charge in [-0.05, 0) is 51.1 Å². The molecule has 0 spiro atoms. The van der Waals surface area contributed by atoms with Crippen LogP contribution in [-0.4, -0.2) is 6.54 Å². The molecule has 1 aliphatic carbocycles. The molecule has 0 aliphatic heterocycles. The summed E-state index contributed by atoms with van der Waals surface area (Å²) in [6.45, 7) is 4.33. The second-order valence-electron chi connectivity index (χ2n) is 5.52. The molecule has 0 saturated heterocycles. The lowest BCUT2D eigenvalue weighted by Gasteiger charge is -2.23. The highest BCUT2D eigenvalue weighted by atomic mass is 19.2. The first-order chi connectivity index (χ1) is 9.63. The molecule has 1 nitrogen and oxygen atoms in total. The highest BCUT2D eigenvalue weighted by molar-refractivity contribution is 5.29. The average molecular weight is 279 g/mol. The Morgan fingerprint density at radius 2 is 2.00 bits per heavy atom. The summed E-state index contributed by atoms with van der Waals surface area (Å²) in [5.74, 6) is -1.42. The molecular formula is C17H23F2N. The first-order valence-electron chi connectivity index (χ1n) is 7.49. The predicted molar refractivity (Wildman–Crippen MR) is 78.7 cm³/mol. The first-order valence-corrected chi connectivity index (χ1v) is 7.49. The van der Waals surface area contributed by atoms with Gasteiger partial charge >= 0.3 is 0 Å². The number of benzene rings is 1. The Labute approximate surface area is 120 Å². The lowest BCUT2D eigenvalue weighted by atomic mass is 9.91. The zero-order valence-electron chi connectivity index (χ0n) is 12.3. The third kappa shape index (κ3) is 3.45. The summed E-state index contributed by atoms with van der Waals surface area (Å²) in [6, 6.07) is 3.23. The molecule has 0 amide bonds. The second-order valence-corrected chi connectivity index (χ2v) is 5.52. The smallest absolute Gasteiger partial charge is 0.163 e. The van der Waals surface area contributed by atoms with Crippen LogP contribution in [0.3, 0.4) is 0 Å². The summed E-state index contributed by atoms with van der Waals surface area (Å²) in [4.78, 5) is 0. The van der Waals surface area contributed by atoms with Crippen molar-refractivity contribution in [1.82, 2.24) is 5.32 Å². The fourth-order valence-electron chi connectivity index (χ4n) is 2.82. The summed E-state index contributed by atoms with van der Waals surface area (Å²) in [6.07, 6.45) is 7.67. The van der Waals surface area contributed by atoms with E-state index in [2.05, 4.69) is 11.4 Å². The molecule has 3 heteroatoms. The van der Waals surface area contributed by atoms with Gasteiger partial charge in [0.15, 0.2) is 11.6 Å². The number of hydrogen-bond acceptors (Lipinski definition) is 1. The van der Waals surface area contributed by atoms with Gasteiger partial charge in [0.25, 0.3) is 0 Å². The maximum atomic E-state index is 14.2. The molecule has 110 valence electrons. The van der Waals surface area contributed by atoms with Gasteiger partial charge in [0.05, 0.1) is 0 Å². The van der Waals surface area contributed by atoms with Crippen molar-refractivity contribution in [1.29, 1.82) is 0 Å². The minimum Gasteiger partial charge on any atom is -0.310 e. The van der Waals surface area contributed by atoms with E-state index in [1.807, 2.05) is 6.92 Å². The molecule has 1 aromatic rings. The molecule has 1 atom stereocenters. The van der Waals surface area contributed by atoms with E-state index in [9.17, 15) is 8.78 Å². The monoisotopic (exact) mass is 279 g/mol. The highest BCUT2D eigenvalue weighted by Crippen LogP contribution is 2.30. The SMILES string of the molecule is CCNC(CC1=CCCCC1)c1ccc(C)c(F)c1F. The summed E-state index contributed by atoms with van der Waals surface area (Å²) in [5.41, 5.74) is 2.17. The largest absolute Gasteiger partial charge is 0.310 e. The molecule has 1 N–H and O–H groups in total. The van der Waals surface area contributed by atoms with Crippen molar-refractivity contribution in [2.75, 3.05) is 6.54 Å². The zero-order chi connectivity index (χ0) is 14.5. The standard InChI is InChI=1S/C17H23F2N/c1-3-20-15(11-13-7-5-4-6-8-13)14-10-9-12(2)16(18)17(14)19/h7,9-10,15,20H,3-6,8,11H2,1-2H3. The molecule has 0 bridgehead atoms. The fourth-order valence-corrected chi connectivity index (χ4v) is 2.82. The van der Waals surface area contributed by atoms with Crippen LogP contribution in [0.2, 0.25) is 0 Å². The van der Waals surface area contributed by atoms with E-state index in [4.69, 9.17) is 0 Å². The van der Waals surface area contributed by atoms with Gasteiger partial charge in [-0.1, -0.05) is 30.7 Å². The van der Waals surface area contributed by atoms with Gasteiger partial charge in [-0.25, -0.2) is 8.78 Å². The Hall–Kier alpha value is -1.22. The molecule has 2 rings (SSSR count). The third-order valence-corrected chi connectivity index (χ3v) is 3.98. The number of aryl methyl sites for hydroxylation is 1. The van der Waals surface area contributed by atoms with E-state index in [1.165, 1.54) is 18.4 Å². The van der Waals surface area contributed by atoms with Gasteiger partial charge in [0.2, 0.25) is 0 Å². The Bertz CT molecular complexity index is 494. The topological polar surface area (TPSA) is 12.0 Å². The number of hydrogen-bond donors (Lipinski definition) is 1. The van der Waals surface area contributed by atoms with Crippen LogP contribution in [0.4, 0.5) is 8.78 Å². The summed E-state index contributed by atoms with van der Waals surface area (Å²) in [7, 11) is 0. The van der Waals surface area contributed by atoms with Crippen LogP contribution in [0.5, 0.6) is 0 Å². The van der Waals surface area contributed by atoms with Crippen LogP contribution >= 0.6 is 0 Å². The quantitative estimate of drug-likeness (QED) is 0.762. The number of halogens is 2.